The first-order valence-electron chi connectivity index (χ1n) is 17.8. The maximum absolute atomic E-state index is 6.37. The minimum atomic E-state index is 0.322. The van der Waals surface area contributed by atoms with Gasteiger partial charge in [-0.05, 0) is 89.2 Å². The average Bonchev–Trinajstić information content (AvgIpc) is 3.10. The maximum atomic E-state index is 6.37. The van der Waals surface area contributed by atoms with Crippen LogP contribution in [0.2, 0.25) is 0 Å². The quantitative estimate of drug-likeness (QED) is 0.0999. The Hall–Kier alpha value is -3.52. The van der Waals surface area contributed by atoms with Crippen LogP contribution in [0, 0.1) is 5.92 Å². The molecule has 0 amide bonds. The van der Waals surface area contributed by atoms with E-state index in [1.54, 1.807) is 0 Å². The topological polar surface area (TPSA) is 18.5 Å². The lowest BCUT2D eigenvalue weighted by Crippen LogP contribution is -2.16. The van der Waals surface area contributed by atoms with Crippen molar-refractivity contribution in [1.29, 1.82) is 0 Å². The molecule has 0 radical (unpaired) electrons. The molecule has 0 bridgehead atoms. The van der Waals surface area contributed by atoms with E-state index in [1.165, 1.54) is 97.6 Å². The molecule has 0 aliphatic carbocycles. The number of hydrogen-bond donors (Lipinski definition) is 0. The first-order chi connectivity index (χ1) is 22.1. The van der Waals surface area contributed by atoms with Gasteiger partial charge in [0.1, 0.15) is 11.5 Å². The summed E-state index contributed by atoms with van der Waals surface area (Å²) >= 11 is 0. The summed E-state index contributed by atoms with van der Waals surface area (Å²) in [6.45, 7) is 9.87. The van der Waals surface area contributed by atoms with Crippen molar-refractivity contribution in [2.24, 2.45) is 5.92 Å². The van der Waals surface area contributed by atoms with Crippen LogP contribution in [0.5, 0.6) is 11.5 Å². The van der Waals surface area contributed by atoms with Crippen molar-refractivity contribution in [2.45, 2.75) is 111 Å². The van der Waals surface area contributed by atoms with Crippen LogP contribution in [0.25, 0.3) is 33.4 Å². The second-order valence-electron chi connectivity index (χ2n) is 12.7. The fourth-order valence-corrected chi connectivity index (χ4v) is 6.01. The molecule has 0 fully saturated rings. The van der Waals surface area contributed by atoms with Crippen LogP contribution in [-0.4, -0.2) is 12.7 Å². The lowest BCUT2D eigenvalue weighted by Gasteiger charge is -2.19. The van der Waals surface area contributed by atoms with Gasteiger partial charge < -0.3 is 9.47 Å². The lowest BCUT2D eigenvalue weighted by atomic mass is 9.97. The van der Waals surface area contributed by atoms with E-state index < -0.39 is 0 Å². The van der Waals surface area contributed by atoms with Crippen LogP contribution in [0.1, 0.15) is 105 Å². The van der Waals surface area contributed by atoms with E-state index in [0.717, 1.165) is 30.9 Å². The van der Waals surface area contributed by atoms with Crippen molar-refractivity contribution in [3.8, 4) is 44.9 Å². The van der Waals surface area contributed by atoms with Crippen LogP contribution in [-0.2, 0) is 0 Å². The molecule has 0 atom stereocenters. The summed E-state index contributed by atoms with van der Waals surface area (Å²) in [5.41, 5.74) is 7.33. The van der Waals surface area contributed by atoms with Gasteiger partial charge in [-0.15, -0.1) is 0 Å². The summed E-state index contributed by atoms with van der Waals surface area (Å²) in [4.78, 5) is 0. The highest BCUT2D eigenvalue weighted by molar-refractivity contribution is 5.73. The minimum absolute atomic E-state index is 0.322. The van der Waals surface area contributed by atoms with Crippen molar-refractivity contribution in [2.75, 3.05) is 6.61 Å². The Labute approximate surface area is 274 Å². The molecule has 4 rings (SSSR count). The standard InChI is InChI=1S/C43H56O2/c1-5-9-13-34(14-10-6-2)33-44-41-29-25-39(26-30-41)37-21-17-35(18-22-37)36-19-23-38(24-20-36)40-27-31-43(32-28-40)45-42(15-11-7-3)16-12-8-4/h17-32,34,42H,5-16,33H2,1-4H3. The molecular formula is C43H56O2. The van der Waals surface area contributed by atoms with Crippen LogP contribution in [0.4, 0.5) is 0 Å². The van der Waals surface area contributed by atoms with Crippen molar-refractivity contribution >= 4 is 0 Å². The fourth-order valence-electron chi connectivity index (χ4n) is 6.01. The molecule has 2 heteroatoms. The SMILES string of the molecule is CCCCC(CCCC)COc1ccc(-c2ccc(-c3ccc(-c4ccc(OC(CCCC)CCCC)cc4)cc3)cc2)cc1. The molecule has 0 N–H and O–H groups in total. The molecule has 0 unspecified atom stereocenters. The number of unbranched alkanes of at least 4 members (excludes halogenated alkanes) is 4. The Morgan fingerprint density at radius 2 is 0.711 bits per heavy atom. The van der Waals surface area contributed by atoms with E-state index in [-0.39, 0.29) is 0 Å². The number of ether oxygens (including phenoxy) is 2. The van der Waals surface area contributed by atoms with Gasteiger partial charge in [0.2, 0.25) is 0 Å². The average molecular weight is 605 g/mol. The fraction of sp³-hybridized carbons (Fsp3) is 0.442. The van der Waals surface area contributed by atoms with E-state index in [9.17, 15) is 0 Å². The Kier molecular flexibility index (Phi) is 14.6. The maximum Gasteiger partial charge on any atom is 0.119 e. The number of rotatable bonds is 20. The Morgan fingerprint density at radius 3 is 1.07 bits per heavy atom. The summed E-state index contributed by atoms with van der Waals surface area (Å²) < 4.78 is 12.6. The highest BCUT2D eigenvalue weighted by atomic mass is 16.5. The Balaban J connectivity index is 1.33. The van der Waals surface area contributed by atoms with Gasteiger partial charge in [0, 0.05) is 0 Å². The van der Waals surface area contributed by atoms with Gasteiger partial charge in [-0.2, -0.15) is 0 Å². The highest BCUT2D eigenvalue weighted by Crippen LogP contribution is 2.30. The second-order valence-corrected chi connectivity index (χ2v) is 12.7. The number of benzene rings is 4. The van der Waals surface area contributed by atoms with Gasteiger partial charge in [0.25, 0.3) is 0 Å². The predicted octanol–water partition coefficient (Wildman–Crippen LogP) is 13.2. The van der Waals surface area contributed by atoms with Crippen LogP contribution < -0.4 is 9.47 Å². The molecule has 0 saturated carbocycles. The molecule has 0 saturated heterocycles. The van der Waals surface area contributed by atoms with Crippen molar-refractivity contribution in [3.63, 3.8) is 0 Å². The van der Waals surface area contributed by atoms with E-state index in [1.807, 2.05) is 0 Å². The van der Waals surface area contributed by atoms with Gasteiger partial charge >= 0.3 is 0 Å². The largest absolute Gasteiger partial charge is 0.493 e. The molecular weight excluding hydrogens is 548 g/mol. The van der Waals surface area contributed by atoms with Gasteiger partial charge in [0.15, 0.2) is 0 Å². The van der Waals surface area contributed by atoms with Gasteiger partial charge in [-0.1, -0.05) is 152 Å². The van der Waals surface area contributed by atoms with Crippen LogP contribution in [0.3, 0.4) is 0 Å². The Bertz CT molecular complexity index is 1320. The first kappa shape index (κ1) is 34.4. The van der Waals surface area contributed by atoms with E-state index in [2.05, 4.69) is 125 Å². The third-order valence-corrected chi connectivity index (χ3v) is 8.96. The van der Waals surface area contributed by atoms with E-state index in [4.69, 9.17) is 9.47 Å². The molecule has 0 aliphatic rings. The molecule has 0 aromatic heterocycles. The zero-order valence-corrected chi connectivity index (χ0v) is 28.4. The molecule has 4 aromatic rings. The van der Waals surface area contributed by atoms with Crippen molar-refractivity contribution < 1.29 is 9.47 Å². The zero-order valence-electron chi connectivity index (χ0n) is 28.4. The van der Waals surface area contributed by atoms with Crippen molar-refractivity contribution in [1.82, 2.24) is 0 Å². The number of hydrogen-bond acceptors (Lipinski definition) is 2. The summed E-state index contributed by atoms with van der Waals surface area (Å²) in [6.07, 6.45) is 15.1. The molecule has 0 aliphatic heterocycles. The summed E-state index contributed by atoms with van der Waals surface area (Å²) in [7, 11) is 0. The normalized spacial score (nSPS) is 11.3. The smallest absolute Gasteiger partial charge is 0.119 e. The van der Waals surface area contributed by atoms with E-state index >= 15 is 0 Å². The summed E-state index contributed by atoms with van der Waals surface area (Å²) in [5, 5.41) is 0. The highest BCUT2D eigenvalue weighted by Gasteiger charge is 2.11. The molecule has 45 heavy (non-hydrogen) atoms. The first-order valence-corrected chi connectivity index (χ1v) is 17.8. The Morgan fingerprint density at radius 1 is 0.400 bits per heavy atom. The second kappa shape index (κ2) is 19.1. The van der Waals surface area contributed by atoms with Crippen molar-refractivity contribution in [3.05, 3.63) is 97.1 Å². The monoisotopic (exact) mass is 604 g/mol. The summed E-state index contributed by atoms with van der Waals surface area (Å²) in [5.74, 6) is 2.61. The molecule has 0 spiro atoms. The van der Waals surface area contributed by atoms with Gasteiger partial charge in [0.05, 0.1) is 12.7 Å². The third-order valence-electron chi connectivity index (χ3n) is 8.96. The molecule has 2 nitrogen and oxygen atoms in total. The van der Waals surface area contributed by atoms with Crippen LogP contribution >= 0.6 is 0 Å². The molecule has 4 aromatic carbocycles. The molecule has 0 heterocycles. The third kappa shape index (κ3) is 11.1. The zero-order chi connectivity index (χ0) is 31.7. The predicted molar refractivity (Wildman–Crippen MR) is 194 cm³/mol. The molecule has 240 valence electrons. The minimum Gasteiger partial charge on any atom is -0.493 e. The lowest BCUT2D eigenvalue weighted by molar-refractivity contribution is 0.174. The van der Waals surface area contributed by atoms with Gasteiger partial charge in [-0.25, -0.2) is 0 Å². The summed E-state index contributed by atoms with van der Waals surface area (Å²) in [6, 6.07) is 35.0. The van der Waals surface area contributed by atoms with E-state index in [0.29, 0.717) is 12.0 Å². The van der Waals surface area contributed by atoms with Crippen LogP contribution in [0.15, 0.2) is 97.1 Å². The van der Waals surface area contributed by atoms with Gasteiger partial charge in [-0.3, -0.25) is 0 Å².